The number of hydrogen-bond donors (Lipinski definition) is 0. The second-order valence-electron chi connectivity index (χ2n) is 6.39. The monoisotopic (exact) mass is 329 g/mol. The van der Waals surface area contributed by atoms with Gasteiger partial charge in [-0.25, -0.2) is 13.6 Å². The van der Waals surface area contributed by atoms with E-state index in [2.05, 4.69) is 0 Å². The fraction of sp³-hybridized carbons (Fsp3) is 0.562. The second kappa shape index (κ2) is 6.86. The van der Waals surface area contributed by atoms with Gasteiger partial charge < -0.3 is 9.64 Å². The highest BCUT2D eigenvalue weighted by atomic mass is 32.2. The Kier molecular flexibility index (Phi) is 5.32. The molecular formula is C16H21F2NO2S. The highest BCUT2D eigenvalue weighted by Crippen LogP contribution is 2.31. The summed E-state index contributed by atoms with van der Waals surface area (Å²) >= 11 is 1.46. The Morgan fingerprint density at radius 3 is 2.23 bits per heavy atom. The predicted octanol–water partition coefficient (Wildman–Crippen LogP) is 4.46. The Bertz CT molecular complexity index is 517. The number of halogens is 2. The van der Waals surface area contributed by atoms with E-state index in [9.17, 15) is 13.6 Å². The Morgan fingerprint density at radius 1 is 1.18 bits per heavy atom. The first-order chi connectivity index (χ1) is 10.2. The number of nitrogens with zero attached hydrogens (tertiary/aromatic N) is 1. The highest BCUT2D eigenvalue weighted by molar-refractivity contribution is 8.00. The third-order valence-electron chi connectivity index (χ3n) is 3.23. The first kappa shape index (κ1) is 17.1. The zero-order chi connectivity index (χ0) is 16.3. The summed E-state index contributed by atoms with van der Waals surface area (Å²) in [6, 6.07) is 3.55. The van der Waals surface area contributed by atoms with E-state index < -0.39 is 17.2 Å². The van der Waals surface area contributed by atoms with Crippen LogP contribution in [0.1, 0.15) is 33.6 Å². The minimum Gasteiger partial charge on any atom is -0.444 e. The molecule has 1 heterocycles. The molecule has 0 spiro atoms. The molecule has 0 bridgehead atoms. The van der Waals surface area contributed by atoms with Gasteiger partial charge in [-0.05, 0) is 45.7 Å². The Hall–Kier alpha value is -1.30. The molecule has 1 aromatic carbocycles. The van der Waals surface area contributed by atoms with Gasteiger partial charge in [0.2, 0.25) is 0 Å². The van der Waals surface area contributed by atoms with Gasteiger partial charge in [0, 0.05) is 29.3 Å². The molecule has 122 valence electrons. The van der Waals surface area contributed by atoms with Gasteiger partial charge >= 0.3 is 6.09 Å². The normalized spacial score (nSPS) is 16.7. The van der Waals surface area contributed by atoms with E-state index in [1.807, 2.05) is 20.8 Å². The highest BCUT2D eigenvalue weighted by Gasteiger charge is 2.27. The molecule has 1 saturated heterocycles. The Labute approximate surface area is 134 Å². The van der Waals surface area contributed by atoms with Crippen LogP contribution in [0.4, 0.5) is 13.6 Å². The zero-order valence-corrected chi connectivity index (χ0v) is 13.9. The number of rotatable bonds is 2. The van der Waals surface area contributed by atoms with Crippen molar-refractivity contribution < 1.29 is 18.3 Å². The molecule has 22 heavy (non-hydrogen) atoms. The number of thioether (sulfide) groups is 1. The van der Waals surface area contributed by atoms with Crippen LogP contribution in [0.25, 0.3) is 0 Å². The third kappa shape index (κ3) is 5.16. The van der Waals surface area contributed by atoms with Crippen LogP contribution in [-0.4, -0.2) is 34.9 Å². The van der Waals surface area contributed by atoms with Crippen molar-refractivity contribution in [1.29, 1.82) is 0 Å². The maximum Gasteiger partial charge on any atom is 0.410 e. The quantitative estimate of drug-likeness (QED) is 0.802. The van der Waals surface area contributed by atoms with Crippen molar-refractivity contribution in [3.8, 4) is 0 Å². The lowest BCUT2D eigenvalue weighted by Crippen LogP contribution is -2.42. The smallest absolute Gasteiger partial charge is 0.410 e. The largest absolute Gasteiger partial charge is 0.444 e. The van der Waals surface area contributed by atoms with Gasteiger partial charge in [-0.15, -0.1) is 11.8 Å². The van der Waals surface area contributed by atoms with Gasteiger partial charge in [-0.3, -0.25) is 0 Å². The molecular weight excluding hydrogens is 308 g/mol. The average molecular weight is 329 g/mol. The first-order valence-electron chi connectivity index (χ1n) is 7.33. The predicted molar refractivity (Wildman–Crippen MR) is 83.0 cm³/mol. The van der Waals surface area contributed by atoms with E-state index in [0.29, 0.717) is 18.0 Å². The van der Waals surface area contributed by atoms with Gasteiger partial charge in [0.25, 0.3) is 0 Å². The van der Waals surface area contributed by atoms with Crippen molar-refractivity contribution in [3.05, 3.63) is 29.8 Å². The molecule has 1 fully saturated rings. The molecule has 0 atom stereocenters. The van der Waals surface area contributed by atoms with E-state index in [1.54, 1.807) is 4.90 Å². The molecule has 0 unspecified atom stereocenters. The van der Waals surface area contributed by atoms with Crippen LogP contribution < -0.4 is 0 Å². The Morgan fingerprint density at radius 2 is 1.73 bits per heavy atom. The summed E-state index contributed by atoms with van der Waals surface area (Å²) in [6.07, 6.45) is 1.26. The van der Waals surface area contributed by atoms with Gasteiger partial charge in [0.05, 0.1) is 0 Å². The molecule has 2 rings (SSSR count). The van der Waals surface area contributed by atoms with Crippen LogP contribution >= 0.6 is 11.8 Å². The van der Waals surface area contributed by atoms with Crippen molar-refractivity contribution in [3.63, 3.8) is 0 Å². The van der Waals surface area contributed by atoms with Gasteiger partial charge in [0.15, 0.2) is 0 Å². The lowest BCUT2D eigenvalue weighted by atomic mass is 10.1. The Balaban J connectivity index is 1.86. The van der Waals surface area contributed by atoms with Crippen molar-refractivity contribution in [2.24, 2.45) is 0 Å². The van der Waals surface area contributed by atoms with E-state index in [4.69, 9.17) is 4.74 Å². The lowest BCUT2D eigenvalue weighted by molar-refractivity contribution is 0.0219. The fourth-order valence-corrected chi connectivity index (χ4v) is 3.46. The summed E-state index contributed by atoms with van der Waals surface area (Å²) in [6.45, 7) is 6.72. The van der Waals surface area contributed by atoms with Gasteiger partial charge in [-0.1, -0.05) is 0 Å². The van der Waals surface area contributed by atoms with E-state index in [0.717, 1.165) is 18.9 Å². The maximum atomic E-state index is 13.2. The third-order valence-corrected chi connectivity index (χ3v) is 4.55. The molecule has 0 aromatic heterocycles. The van der Waals surface area contributed by atoms with Crippen LogP contribution in [-0.2, 0) is 4.74 Å². The number of likely N-dealkylation sites (tertiary alicyclic amines) is 1. The van der Waals surface area contributed by atoms with Crippen molar-refractivity contribution in [2.75, 3.05) is 13.1 Å². The summed E-state index contributed by atoms with van der Waals surface area (Å²) in [7, 11) is 0. The molecule has 1 amide bonds. The fourth-order valence-electron chi connectivity index (χ4n) is 2.27. The van der Waals surface area contributed by atoms with E-state index in [-0.39, 0.29) is 11.3 Å². The molecule has 1 aromatic rings. The topological polar surface area (TPSA) is 29.5 Å². The SMILES string of the molecule is CC(C)(C)OC(=O)N1CCC(Sc2cc(F)cc(F)c2)CC1. The minimum absolute atomic E-state index is 0.250. The first-order valence-corrected chi connectivity index (χ1v) is 8.21. The van der Waals surface area contributed by atoms with Crippen LogP contribution in [0.2, 0.25) is 0 Å². The lowest BCUT2D eigenvalue weighted by Gasteiger charge is -2.33. The summed E-state index contributed by atoms with van der Waals surface area (Å²) in [5, 5.41) is 0.250. The van der Waals surface area contributed by atoms with E-state index >= 15 is 0 Å². The molecule has 0 saturated carbocycles. The number of benzene rings is 1. The van der Waals surface area contributed by atoms with Gasteiger partial charge in [0.1, 0.15) is 17.2 Å². The molecule has 3 nitrogen and oxygen atoms in total. The number of carbonyl (C=O) groups is 1. The molecule has 0 aliphatic carbocycles. The summed E-state index contributed by atoms with van der Waals surface area (Å²) in [5.74, 6) is -1.12. The van der Waals surface area contributed by atoms with Gasteiger partial charge in [-0.2, -0.15) is 0 Å². The number of piperidine rings is 1. The second-order valence-corrected chi connectivity index (χ2v) is 7.76. The van der Waals surface area contributed by atoms with Crippen molar-refractivity contribution in [2.45, 2.75) is 49.4 Å². The zero-order valence-electron chi connectivity index (χ0n) is 13.1. The summed E-state index contributed by atoms with van der Waals surface area (Å²) in [5.41, 5.74) is -0.498. The standard InChI is InChI=1S/C16H21F2NO2S/c1-16(2,3)21-15(20)19-6-4-13(5-7-19)22-14-9-11(17)8-12(18)10-14/h8-10,13H,4-7H2,1-3H3. The number of carbonyl (C=O) groups excluding carboxylic acids is 1. The van der Waals surface area contributed by atoms with Crippen LogP contribution in [0.3, 0.4) is 0 Å². The number of ether oxygens (including phenoxy) is 1. The number of amides is 1. The summed E-state index contributed by atoms with van der Waals surface area (Å²) < 4.78 is 31.7. The van der Waals surface area contributed by atoms with Crippen molar-refractivity contribution in [1.82, 2.24) is 4.90 Å². The molecule has 6 heteroatoms. The number of hydrogen-bond acceptors (Lipinski definition) is 3. The molecule has 1 aliphatic rings. The van der Waals surface area contributed by atoms with Crippen LogP contribution in [0, 0.1) is 11.6 Å². The molecule has 1 aliphatic heterocycles. The average Bonchev–Trinajstić information content (AvgIpc) is 2.36. The molecule has 0 N–H and O–H groups in total. The van der Waals surface area contributed by atoms with Crippen molar-refractivity contribution >= 4 is 17.9 Å². The van der Waals surface area contributed by atoms with E-state index in [1.165, 1.54) is 23.9 Å². The van der Waals surface area contributed by atoms with Crippen LogP contribution in [0.5, 0.6) is 0 Å². The minimum atomic E-state index is -0.561. The maximum absolute atomic E-state index is 13.2. The molecule has 0 radical (unpaired) electrons. The summed E-state index contributed by atoms with van der Waals surface area (Å²) in [4.78, 5) is 14.2. The van der Waals surface area contributed by atoms with Crippen LogP contribution in [0.15, 0.2) is 23.1 Å².